The van der Waals surface area contributed by atoms with Gasteiger partial charge in [-0.05, 0) is 48.4 Å². The molecular weight excluding hydrogens is 345 g/mol. The molecule has 0 spiro atoms. The van der Waals surface area contributed by atoms with Crippen molar-refractivity contribution in [2.75, 3.05) is 7.11 Å². The van der Waals surface area contributed by atoms with Gasteiger partial charge in [0.2, 0.25) is 0 Å². The van der Waals surface area contributed by atoms with E-state index in [1.165, 1.54) is 19.2 Å². The fourth-order valence-corrected chi connectivity index (χ4v) is 2.65. The van der Waals surface area contributed by atoms with Crippen molar-refractivity contribution >= 4 is 29.5 Å². The van der Waals surface area contributed by atoms with Crippen LogP contribution >= 0.6 is 11.6 Å². The van der Waals surface area contributed by atoms with Gasteiger partial charge in [0, 0.05) is 17.0 Å². The molecule has 0 amide bonds. The first-order valence-electron chi connectivity index (χ1n) is 7.64. The summed E-state index contributed by atoms with van der Waals surface area (Å²) in [6.45, 7) is 0. The number of aliphatic imine (C=N–C) groups is 1. The molecule has 2 aromatic carbocycles. The summed E-state index contributed by atoms with van der Waals surface area (Å²) in [5.74, 6) is 0.0578. The molecule has 128 valence electrons. The summed E-state index contributed by atoms with van der Waals surface area (Å²) in [6, 6.07) is 11.4. The van der Waals surface area contributed by atoms with Gasteiger partial charge in [0.05, 0.1) is 7.11 Å². The lowest BCUT2D eigenvalue weighted by Crippen LogP contribution is -2.05. The number of carbonyl (C=O) groups excluding carboxylic acids is 1. The molecule has 0 bridgehead atoms. The molecular formula is C19H15ClFNO3. The van der Waals surface area contributed by atoms with Gasteiger partial charge in [-0.2, -0.15) is 0 Å². The van der Waals surface area contributed by atoms with Crippen LogP contribution in [0.5, 0.6) is 5.75 Å². The molecule has 4 nitrogen and oxygen atoms in total. The van der Waals surface area contributed by atoms with Gasteiger partial charge < -0.3 is 9.47 Å². The van der Waals surface area contributed by atoms with Crippen molar-refractivity contribution in [3.05, 3.63) is 70.1 Å². The van der Waals surface area contributed by atoms with E-state index in [1.54, 1.807) is 30.3 Å². The molecule has 1 aliphatic heterocycles. The highest BCUT2D eigenvalue weighted by molar-refractivity contribution is 6.30. The maximum Gasteiger partial charge on any atom is 0.363 e. The molecule has 1 aliphatic rings. The summed E-state index contributed by atoms with van der Waals surface area (Å²) in [5, 5.41) is 0.523. The van der Waals surface area contributed by atoms with E-state index in [0.29, 0.717) is 35.1 Å². The zero-order valence-electron chi connectivity index (χ0n) is 13.5. The number of ether oxygens (including phenoxy) is 2. The van der Waals surface area contributed by atoms with Crippen LogP contribution in [-0.2, 0) is 16.0 Å². The minimum atomic E-state index is -0.531. The SMILES string of the molecule is COc1ccc(Cl)cc1/C=C1/N=C(CCc2cccc(F)c2)OC1=O. The Morgan fingerprint density at radius 3 is 2.84 bits per heavy atom. The maximum atomic E-state index is 13.2. The van der Waals surface area contributed by atoms with Gasteiger partial charge in [0.15, 0.2) is 11.6 Å². The van der Waals surface area contributed by atoms with Crippen LogP contribution in [0.4, 0.5) is 4.39 Å². The summed E-state index contributed by atoms with van der Waals surface area (Å²) >= 11 is 5.99. The molecule has 25 heavy (non-hydrogen) atoms. The number of rotatable bonds is 5. The average Bonchev–Trinajstić information content (AvgIpc) is 2.93. The molecule has 0 saturated heterocycles. The summed E-state index contributed by atoms with van der Waals surface area (Å²) in [4.78, 5) is 16.2. The van der Waals surface area contributed by atoms with Crippen molar-refractivity contribution in [2.45, 2.75) is 12.8 Å². The van der Waals surface area contributed by atoms with Crippen LogP contribution in [0, 0.1) is 5.82 Å². The Morgan fingerprint density at radius 2 is 2.08 bits per heavy atom. The molecule has 6 heteroatoms. The van der Waals surface area contributed by atoms with Crippen LogP contribution in [-0.4, -0.2) is 19.0 Å². The molecule has 0 atom stereocenters. The maximum absolute atomic E-state index is 13.2. The summed E-state index contributed by atoms with van der Waals surface area (Å²) in [5.41, 5.74) is 1.62. The Labute approximate surface area is 149 Å². The van der Waals surface area contributed by atoms with Crippen molar-refractivity contribution in [2.24, 2.45) is 4.99 Å². The van der Waals surface area contributed by atoms with E-state index < -0.39 is 5.97 Å². The lowest BCUT2D eigenvalue weighted by Gasteiger charge is -2.04. The summed E-state index contributed by atoms with van der Waals surface area (Å²) in [6.07, 6.45) is 2.50. The van der Waals surface area contributed by atoms with Gasteiger partial charge in [-0.25, -0.2) is 14.2 Å². The number of aryl methyl sites for hydroxylation is 1. The topological polar surface area (TPSA) is 47.9 Å². The number of nitrogens with zero attached hydrogens (tertiary/aromatic N) is 1. The predicted octanol–water partition coefficient (Wildman–Crippen LogP) is 4.42. The van der Waals surface area contributed by atoms with Crippen molar-refractivity contribution in [3.8, 4) is 5.75 Å². The van der Waals surface area contributed by atoms with Crippen molar-refractivity contribution in [1.82, 2.24) is 0 Å². The Kier molecular flexibility index (Phi) is 5.14. The first kappa shape index (κ1) is 17.2. The van der Waals surface area contributed by atoms with E-state index in [4.69, 9.17) is 21.1 Å². The van der Waals surface area contributed by atoms with Gasteiger partial charge in [0.25, 0.3) is 0 Å². The number of halogens is 2. The van der Waals surface area contributed by atoms with E-state index in [1.807, 2.05) is 6.07 Å². The van der Waals surface area contributed by atoms with Crippen molar-refractivity contribution in [3.63, 3.8) is 0 Å². The van der Waals surface area contributed by atoms with Crippen LogP contribution in [0.3, 0.4) is 0 Å². The normalized spacial score (nSPS) is 15.2. The molecule has 3 rings (SSSR count). The summed E-state index contributed by atoms with van der Waals surface area (Å²) in [7, 11) is 1.53. The molecule has 2 aromatic rings. The minimum absolute atomic E-state index is 0.176. The van der Waals surface area contributed by atoms with Gasteiger partial charge in [0.1, 0.15) is 11.6 Å². The quantitative estimate of drug-likeness (QED) is 0.586. The number of cyclic esters (lactones) is 1. The number of benzene rings is 2. The first-order valence-corrected chi connectivity index (χ1v) is 8.02. The van der Waals surface area contributed by atoms with E-state index in [9.17, 15) is 9.18 Å². The highest BCUT2D eigenvalue weighted by Gasteiger charge is 2.23. The first-order chi connectivity index (χ1) is 12.0. The lowest BCUT2D eigenvalue weighted by molar-refractivity contribution is -0.130. The molecule has 1 heterocycles. The zero-order valence-corrected chi connectivity index (χ0v) is 14.2. The molecule has 0 aromatic heterocycles. The van der Waals surface area contributed by atoms with Gasteiger partial charge in [-0.1, -0.05) is 23.7 Å². The fraction of sp³-hybridized carbons (Fsp3) is 0.158. The van der Waals surface area contributed by atoms with Gasteiger partial charge >= 0.3 is 5.97 Å². The second kappa shape index (κ2) is 7.49. The third kappa shape index (κ3) is 4.25. The van der Waals surface area contributed by atoms with Crippen LogP contribution in [0.15, 0.2) is 53.2 Å². The number of methoxy groups -OCH3 is 1. The Morgan fingerprint density at radius 1 is 1.24 bits per heavy atom. The molecule has 0 saturated carbocycles. The third-order valence-corrected chi connectivity index (χ3v) is 3.90. The van der Waals surface area contributed by atoms with Crippen LogP contribution < -0.4 is 4.74 Å². The molecule has 0 radical (unpaired) electrons. The predicted molar refractivity (Wildman–Crippen MR) is 94.2 cm³/mol. The van der Waals surface area contributed by atoms with Crippen molar-refractivity contribution < 1.29 is 18.7 Å². The van der Waals surface area contributed by atoms with Gasteiger partial charge in [-0.15, -0.1) is 0 Å². The fourth-order valence-electron chi connectivity index (χ4n) is 2.47. The Hall–Kier alpha value is -2.66. The number of hydrogen-bond donors (Lipinski definition) is 0. The standard InChI is InChI=1S/C19H15ClFNO3/c1-24-17-7-6-14(20)10-13(17)11-16-19(23)25-18(22-16)8-5-12-3-2-4-15(21)9-12/h2-4,6-7,9-11H,5,8H2,1H3/b16-11+. The lowest BCUT2D eigenvalue weighted by atomic mass is 10.1. The molecule has 0 N–H and O–H groups in total. The van der Waals surface area contributed by atoms with Crippen LogP contribution in [0.1, 0.15) is 17.5 Å². The van der Waals surface area contributed by atoms with E-state index >= 15 is 0 Å². The van der Waals surface area contributed by atoms with Crippen LogP contribution in [0.2, 0.25) is 5.02 Å². The highest BCUT2D eigenvalue weighted by atomic mass is 35.5. The van der Waals surface area contributed by atoms with E-state index in [0.717, 1.165) is 5.56 Å². The van der Waals surface area contributed by atoms with Gasteiger partial charge in [-0.3, -0.25) is 0 Å². The van der Waals surface area contributed by atoms with Crippen LogP contribution in [0.25, 0.3) is 6.08 Å². The second-order valence-electron chi connectivity index (χ2n) is 5.44. The molecule has 0 fully saturated rings. The zero-order chi connectivity index (χ0) is 17.8. The second-order valence-corrected chi connectivity index (χ2v) is 5.88. The largest absolute Gasteiger partial charge is 0.496 e. The Bertz CT molecular complexity index is 877. The number of carbonyl (C=O) groups is 1. The molecule has 0 aliphatic carbocycles. The number of esters is 1. The van der Waals surface area contributed by atoms with E-state index in [-0.39, 0.29) is 11.5 Å². The third-order valence-electron chi connectivity index (χ3n) is 3.67. The highest BCUT2D eigenvalue weighted by Crippen LogP contribution is 2.27. The minimum Gasteiger partial charge on any atom is -0.496 e. The monoisotopic (exact) mass is 359 g/mol. The van der Waals surface area contributed by atoms with Crippen molar-refractivity contribution in [1.29, 1.82) is 0 Å². The average molecular weight is 360 g/mol. The summed E-state index contributed by atoms with van der Waals surface area (Å²) < 4.78 is 23.6. The molecule has 0 unspecified atom stereocenters. The smallest absolute Gasteiger partial charge is 0.363 e. The van der Waals surface area contributed by atoms with E-state index in [2.05, 4.69) is 4.99 Å². The number of hydrogen-bond acceptors (Lipinski definition) is 4. The Balaban J connectivity index is 1.77.